The molecule has 0 aliphatic heterocycles. The van der Waals surface area contributed by atoms with E-state index in [0.717, 1.165) is 6.21 Å². The van der Waals surface area contributed by atoms with E-state index in [1.54, 1.807) is 6.92 Å². The molecule has 0 heterocycles. The molecule has 6 nitrogen and oxygen atoms in total. The number of Topliss-reactive ketones (excluding diaryl/α,β-unsaturated/α-hetero) is 1. The number of aliphatic imine (C=N–C) groups is 1. The number of halogens is 3. The van der Waals surface area contributed by atoms with Crippen molar-refractivity contribution >= 4 is 64.4 Å². The molecule has 1 unspecified atom stereocenters. The average molecular weight is 381 g/mol. The highest BCUT2D eigenvalue weighted by molar-refractivity contribution is 6.47. The second-order valence-electron chi connectivity index (χ2n) is 4.30. The number of carbonyl (C=O) groups is 3. The summed E-state index contributed by atoms with van der Waals surface area (Å²) in [7, 11) is 0. The topological polar surface area (TPSA) is 93.0 Å². The summed E-state index contributed by atoms with van der Waals surface area (Å²) in [4.78, 5) is 38.2. The third-order valence-electron chi connectivity index (χ3n) is 2.69. The number of carboxylic acids is 1. The Morgan fingerprint density at radius 2 is 1.91 bits per heavy atom. The van der Waals surface area contributed by atoms with Gasteiger partial charge in [-0.3, -0.25) is 14.6 Å². The number of ether oxygens (including phenoxy) is 1. The molecule has 0 radical (unpaired) electrons. The summed E-state index contributed by atoms with van der Waals surface area (Å²) in [5.74, 6) is -3.86. The van der Waals surface area contributed by atoms with E-state index < -0.39 is 29.2 Å². The minimum absolute atomic E-state index is 0.0333. The molecule has 1 aromatic rings. The molecule has 0 bridgehead atoms. The van der Waals surface area contributed by atoms with Crippen LogP contribution >= 0.6 is 34.8 Å². The normalized spacial score (nSPS) is 12.2. The van der Waals surface area contributed by atoms with Crippen molar-refractivity contribution in [2.75, 3.05) is 6.61 Å². The second kappa shape index (κ2) is 8.29. The summed E-state index contributed by atoms with van der Waals surface area (Å²) in [6.07, 6.45) is 1.03. The van der Waals surface area contributed by atoms with Gasteiger partial charge < -0.3 is 9.84 Å². The lowest BCUT2D eigenvalue weighted by Crippen LogP contribution is -2.25. The van der Waals surface area contributed by atoms with E-state index in [4.69, 9.17) is 44.6 Å². The summed E-state index contributed by atoms with van der Waals surface area (Å²) in [6.45, 7) is 2.90. The van der Waals surface area contributed by atoms with Gasteiger partial charge in [-0.25, -0.2) is 4.79 Å². The third-order valence-corrected chi connectivity index (χ3v) is 3.86. The van der Waals surface area contributed by atoms with Crippen LogP contribution in [0.2, 0.25) is 15.1 Å². The molecule has 9 heteroatoms. The van der Waals surface area contributed by atoms with Crippen molar-refractivity contribution in [2.45, 2.75) is 13.8 Å². The molecule has 0 aliphatic carbocycles. The Balaban J connectivity index is 3.29. The molecule has 0 aliphatic rings. The Bertz CT molecular complexity index is 687. The predicted molar refractivity (Wildman–Crippen MR) is 87.4 cm³/mol. The highest BCUT2D eigenvalue weighted by Gasteiger charge is 2.24. The maximum absolute atomic E-state index is 11.7. The van der Waals surface area contributed by atoms with Gasteiger partial charge >= 0.3 is 11.9 Å². The zero-order chi connectivity index (χ0) is 17.7. The first-order valence-electron chi connectivity index (χ1n) is 6.32. The highest BCUT2D eigenvalue weighted by atomic mass is 35.5. The van der Waals surface area contributed by atoms with Crippen LogP contribution in [0.1, 0.15) is 24.2 Å². The van der Waals surface area contributed by atoms with Crippen molar-refractivity contribution in [1.29, 1.82) is 0 Å². The first-order chi connectivity index (χ1) is 10.7. The molecule has 1 rings (SSSR count). The fraction of sp³-hybridized carbons (Fsp3) is 0.286. The fourth-order valence-corrected chi connectivity index (χ4v) is 2.35. The van der Waals surface area contributed by atoms with Gasteiger partial charge in [0.1, 0.15) is 11.3 Å². The average Bonchev–Trinajstić information content (AvgIpc) is 2.44. The Morgan fingerprint density at radius 1 is 1.30 bits per heavy atom. The Labute approximate surface area is 147 Å². The number of ketones is 1. The molecule has 0 saturated carbocycles. The number of esters is 1. The quantitative estimate of drug-likeness (QED) is 0.350. The molecule has 0 spiro atoms. The van der Waals surface area contributed by atoms with Gasteiger partial charge in [0, 0.05) is 6.21 Å². The third kappa shape index (κ3) is 4.67. The van der Waals surface area contributed by atoms with Crippen LogP contribution in [0, 0.1) is 5.92 Å². The molecule has 124 valence electrons. The van der Waals surface area contributed by atoms with Gasteiger partial charge in [0.05, 0.1) is 27.4 Å². The Morgan fingerprint density at radius 3 is 2.39 bits per heavy atom. The molecule has 0 amide bonds. The molecule has 1 aromatic carbocycles. The van der Waals surface area contributed by atoms with E-state index in [-0.39, 0.29) is 27.4 Å². The summed E-state index contributed by atoms with van der Waals surface area (Å²) in [5, 5.41) is 8.56. The van der Waals surface area contributed by atoms with Crippen LogP contribution in [0.15, 0.2) is 11.1 Å². The zero-order valence-electron chi connectivity index (χ0n) is 12.1. The number of hydrogen-bond acceptors (Lipinski definition) is 5. The number of carboxylic acid groups (broad SMARTS) is 1. The van der Waals surface area contributed by atoms with Crippen LogP contribution in [-0.2, 0) is 14.3 Å². The summed E-state index contributed by atoms with van der Waals surface area (Å²) in [6, 6.07) is 1.23. The van der Waals surface area contributed by atoms with E-state index in [1.165, 1.54) is 13.0 Å². The lowest BCUT2D eigenvalue weighted by Gasteiger charge is -2.09. The molecule has 0 fully saturated rings. The highest BCUT2D eigenvalue weighted by Crippen LogP contribution is 2.38. The van der Waals surface area contributed by atoms with E-state index in [1.807, 2.05) is 0 Å². The van der Waals surface area contributed by atoms with Gasteiger partial charge in [0.15, 0.2) is 5.92 Å². The van der Waals surface area contributed by atoms with Gasteiger partial charge in [0.2, 0.25) is 0 Å². The molecule has 1 atom stereocenters. The number of aromatic carboxylic acids is 1. The number of carbonyl (C=O) groups excluding carboxylic acids is 2. The first kappa shape index (κ1) is 19.4. The van der Waals surface area contributed by atoms with Crippen molar-refractivity contribution in [3.8, 4) is 0 Å². The van der Waals surface area contributed by atoms with Gasteiger partial charge in [-0.05, 0) is 19.9 Å². The first-order valence-corrected chi connectivity index (χ1v) is 7.46. The SMILES string of the molecule is CCOC(=O)C(C=Nc1cc(Cl)c(Cl)c(C(=O)O)c1Cl)C(C)=O. The van der Waals surface area contributed by atoms with Crippen molar-refractivity contribution in [1.82, 2.24) is 0 Å². The van der Waals surface area contributed by atoms with E-state index in [0.29, 0.717) is 0 Å². The molecular formula is C14H12Cl3NO5. The molecule has 1 N–H and O–H groups in total. The number of rotatable bonds is 6. The van der Waals surface area contributed by atoms with Crippen molar-refractivity contribution < 1.29 is 24.2 Å². The number of nitrogens with zero attached hydrogens (tertiary/aromatic N) is 1. The minimum atomic E-state index is -1.38. The molecule has 0 saturated heterocycles. The van der Waals surface area contributed by atoms with Crippen LogP contribution in [0.3, 0.4) is 0 Å². The summed E-state index contributed by atoms with van der Waals surface area (Å²) >= 11 is 17.6. The van der Waals surface area contributed by atoms with Gasteiger partial charge in [-0.15, -0.1) is 0 Å². The number of benzene rings is 1. The summed E-state index contributed by atoms with van der Waals surface area (Å²) < 4.78 is 4.76. The smallest absolute Gasteiger partial charge is 0.338 e. The number of hydrogen-bond donors (Lipinski definition) is 1. The van der Waals surface area contributed by atoms with Crippen molar-refractivity contribution in [3.63, 3.8) is 0 Å². The van der Waals surface area contributed by atoms with Crippen molar-refractivity contribution in [2.24, 2.45) is 10.9 Å². The zero-order valence-corrected chi connectivity index (χ0v) is 14.4. The lowest BCUT2D eigenvalue weighted by molar-refractivity contribution is -0.148. The van der Waals surface area contributed by atoms with E-state index >= 15 is 0 Å². The lowest BCUT2D eigenvalue weighted by atomic mass is 10.1. The molecule has 23 heavy (non-hydrogen) atoms. The van der Waals surface area contributed by atoms with Crippen LogP contribution in [-0.4, -0.2) is 35.6 Å². The van der Waals surface area contributed by atoms with Crippen LogP contribution in [0.5, 0.6) is 0 Å². The van der Waals surface area contributed by atoms with Crippen LogP contribution in [0.4, 0.5) is 5.69 Å². The minimum Gasteiger partial charge on any atom is -0.478 e. The predicted octanol–water partition coefficient (Wildman–Crippen LogP) is 3.82. The maximum Gasteiger partial charge on any atom is 0.338 e. The Kier molecular flexibility index (Phi) is 7.00. The van der Waals surface area contributed by atoms with E-state index in [2.05, 4.69) is 4.99 Å². The Hall–Kier alpha value is -1.63. The van der Waals surface area contributed by atoms with Crippen molar-refractivity contribution in [3.05, 3.63) is 26.7 Å². The molecule has 0 aromatic heterocycles. The fourth-order valence-electron chi connectivity index (χ4n) is 1.59. The van der Waals surface area contributed by atoms with Gasteiger partial charge in [0.25, 0.3) is 0 Å². The van der Waals surface area contributed by atoms with Crippen LogP contribution in [0.25, 0.3) is 0 Å². The monoisotopic (exact) mass is 379 g/mol. The summed E-state index contributed by atoms with van der Waals surface area (Å²) in [5.41, 5.74) is -0.447. The van der Waals surface area contributed by atoms with Gasteiger partial charge in [-0.2, -0.15) is 0 Å². The largest absolute Gasteiger partial charge is 0.478 e. The molecular weight excluding hydrogens is 369 g/mol. The maximum atomic E-state index is 11.7. The van der Waals surface area contributed by atoms with E-state index in [9.17, 15) is 14.4 Å². The second-order valence-corrected chi connectivity index (χ2v) is 5.47. The standard InChI is InChI=1S/C14H12Cl3NO5/c1-3-23-14(22)7(6(2)19)5-18-9-4-8(15)11(16)10(12(9)17)13(20)21/h4-5,7H,3H2,1-2H3,(H,20,21). The van der Waals surface area contributed by atoms with Crippen LogP contribution < -0.4 is 0 Å². The van der Waals surface area contributed by atoms with Gasteiger partial charge in [-0.1, -0.05) is 34.8 Å².